The topological polar surface area (TPSA) is 49.9 Å². The molecule has 0 atom stereocenters. The van der Waals surface area contributed by atoms with E-state index in [-0.39, 0.29) is 5.25 Å². The van der Waals surface area contributed by atoms with Crippen molar-refractivity contribution in [2.45, 2.75) is 42.0 Å². The van der Waals surface area contributed by atoms with Gasteiger partial charge in [-0.3, -0.25) is 4.90 Å². The molecule has 25 heavy (non-hydrogen) atoms. The predicted molar refractivity (Wildman–Crippen MR) is 97.0 cm³/mol. The van der Waals surface area contributed by atoms with Gasteiger partial charge in [0.05, 0.1) is 29.4 Å². The number of likely N-dealkylation sites (tertiary alicyclic amines) is 1. The smallest absolute Gasteiger partial charge is 0.181 e. The van der Waals surface area contributed by atoms with Crippen LogP contribution in [0.25, 0.3) is 0 Å². The summed E-state index contributed by atoms with van der Waals surface area (Å²) in [6.45, 7) is 5.20. The molecule has 0 N–H and O–H groups in total. The Bertz CT molecular complexity index is 718. The monoisotopic (exact) mass is 362 g/mol. The van der Waals surface area contributed by atoms with Crippen LogP contribution < -0.4 is 0 Å². The summed E-state index contributed by atoms with van der Waals surface area (Å²) in [5.41, 5.74) is 1.16. The fourth-order valence-corrected chi connectivity index (χ4v) is 5.60. The standard InChI is InChI=1S/C19H26N2O3S/c22-25(23,19-7-11-21(12-8-19)17-14-24-15-17)18-5-3-16(4-6-18)13-20-9-1-2-10-20/h1,3-6,9,17,19H,2,7-8,10-15H2. The number of nitrogens with zero attached hydrogens (tertiary/aromatic N) is 2. The van der Waals surface area contributed by atoms with E-state index >= 15 is 0 Å². The Hall–Kier alpha value is -1.37. The van der Waals surface area contributed by atoms with Gasteiger partial charge in [-0.05, 0) is 56.2 Å². The highest BCUT2D eigenvalue weighted by atomic mass is 32.2. The van der Waals surface area contributed by atoms with Gasteiger partial charge in [0.1, 0.15) is 0 Å². The minimum Gasteiger partial charge on any atom is -0.378 e. The molecule has 0 unspecified atom stereocenters. The van der Waals surface area contributed by atoms with E-state index in [0.29, 0.717) is 10.9 Å². The van der Waals surface area contributed by atoms with Gasteiger partial charge >= 0.3 is 0 Å². The van der Waals surface area contributed by atoms with Crippen LogP contribution in [-0.4, -0.2) is 62.4 Å². The number of piperidine rings is 1. The van der Waals surface area contributed by atoms with Gasteiger partial charge in [-0.1, -0.05) is 18.2 Å². The van der Waals surface area contributed by atoms with Crippen LogP contribution >= 0.6 is 0 Å². The quantitative estimate of drug-likeness (QED) is 0.802. The summed E-state index contributed by atoms with van der Waals surface area (Å²) in [5.74, 6) is 0. The minimum absolute atomic E-state index is 0.253. The lowest BCUT2D eigenvalue weighted by molar-refractivity contribution is -0.0695. The second-order valence-corrected chi connectivity index (χ2v) is 9.49. The van der Waals surface area contributed by atoms with E-state index in [1.807, 2.05) is 12.1 Å². The molecule has 2 saturated heterocycles. The molecule has 0 spiro atoms. The first kappa shape index (κ1) is 17.1. The van der Waals surface area contributed by atoms with E-state index in [2.05, 4.69) is 22.1 Å². The third-order valence-electron chi connectivity index (χ3n) is 5.59. The SMILES string of the molecule is O=S(=O)(c1ccc(CN2C=CCC2)cc1)C1CCN(C2COC2)CC1. The Kier molecular flexibility index (Phi) is 4.84. The Morgan fingerprint density at radius 1 is 1.04 bits per heavy atom. The van der Waals surface area contributed by atoms with Crippen LogP contribution in [-0.2, 0) is 21.1 Å². The summed E-state index contributed by atoms with van der Waals surface area (Å²) >= 11 is 0. The molecule has 5 nitrogen and oxygen atoms in total. The van der Waals surface area contributed by atoms with E-state index in [9.17, 15) is 8.42 Å². The molecular formula is C19H26N2O3S. The highest BCUT2D eigenvalue weighted by Gasteiger charge is 2.35. The summed E-state index contributed by atoms with van der Waals surface area (Å²) in [4.78, 5) is 5.10. The highest BCUT2D eigenvalue weighted by Crippen LogP contribution is 2.27. The number of hydrogen-bond acceptors (Lipinski definition) is 5. The van der Waals surface area contributed by atoms with Crippen LogP contribution in [0, 0.1) is 0 Å². The maximum Gasteiger partial charge on any atom is 0.181 e. The van der Waals surface area contributed by atoms with Gasteiger partial charge in [-0.15, -0.1) is 0 Å². The number of hydrogen-bond donors (Lipinski definition) is 0. The normalized spacial score (nSPS) is 23.1. The van der Waals surface area contributed by atoms with E-state index < -0.39 is 9.84 Å². The third kappa shape index (κ3) is 3.61. The molecular weight excluding hydrogens is 336 g/mol. The summed E-state index contributed by atoms with van der Waals surface area (Å²) in [7, 11) is -3.23. The molecule has 1 aromatic rings. The van der Waals surface area contributed by atoms with Crippen LogP contribution in [0.4, 0.5) is 0 Å². The lowest BCUT2D eigenvalue weighted by Gasteiger charge is -2.41. The van der Waals surface area contributed by atoms with Gasteiger partial charge < -0.3 is 9.64 Å². The summed E-state index contributed by atoms with van der Waals surface area (Å²) in [6, 6.07) is 8.00. The van der Waals surface area contributed by atoms with Crippen molar-refractivity contribution >= 4 is 9.84 Å². The molecule has 6 heteroatoms. The second kappa shape index (κ2) is 7.09. The van der Waals surface area contributed by atoms with Crippen LogP contribution in [0.1, 0.15) is 24.8 Å². The zero-order valence-corrected chi connectivity index (χ0v) is 15.3. The van der Waals surface area contributed by atoms with Crippen molar-refractivity contribution in [3.63, 3.8) is 0 Å². The molecule has 0 aliphatic carbocycles. The van der Waals surface area contributed by atoms with Crippen LogP contribution in [0.5, 0.6) is 0 Å². The molecule has 0 radical (unpaired) electrons. The third-order valence-corrected chi connectivity index (χ3v) is 7.87. The van der Waals surface area contributed by atoms with Gasteiger partial charge in [0.2, 0.25) is 0 Å². The molecule has 0 aromatic heterocycles. The molecule has 3 heterocycles. The zero-order valence-electron chi connectivity index (χ0n) is 14.5. The second-order valence-electron chi connectivity index (χ2n) is 7.26. The Labute approximate surface area is 150 Å². The molecule has 0 amide bonds. The van der Waals surface area contributed by atoms with Gasteiger partial charge in [-0.25, -0.2) is 8.42 Å². The lowest BCUT2D eigenvalue weighted by atomic mass is 10.1. The average molecular weight is 362 g/mol. The fraction of sp³-hybridized carbons (Fsp3) is 0.579. The van der Waals surface area contributed by atoms with E-state index in [4.69, 9.17) is 4.74 Å². The van der Waals surface area contributed by atoms with Crippen molar-refractivity contribution in [1.29, 1.82) is 0 Å². The van der Waals surface area contributed by atoms with Crippen molar-refractivity contribution in [3.05, 3.63) is 42.1 Å². The number of benzene rings is 1. The Morgan fingerprint density at radius 2 is 1.76 bits per heavy atom. The first-order valence-electron chi connectivity index (χ1n) is 9.18. The van der Waals surface area contributed by atoms with Gasteiger partial charge in [0.15, 0.2) is 9.84 Å². The molecule has 0 bridgehead atoms. The van der Waals surface area contributed by atoms with Crippen molar-refractivity contribution in [2.24, 2.45) is 0 Å². The van der Waals surface area contributed by atoms with E-state index in [1.54, 1.807) is 12.1 Å². The zero-order chi connectivity index (χ0) is 17.3. The molecule has 3 aliphatic rings. The predicted octanol–water partition coefficient (Wildman–Crippen LogP) is 2.04. The van der Waals surface area contributed by atoms with Crippen molar-refractivity contribution in [2.75, 3.05) is 32.8 Å². The largest absolute Gasteiger partial charge is 0.378 e. The van der Waals surface area contributed by atoms with Gasteiger partial charge in [0.25, 0.3) is 0 Å². The Morgan fingerprint density at radius 3 is 2.32 bits per heavy atom. The molecule has 4 rings (SSSR count). The first-order chi connectivity index (χ1) is 12.1. The van der Waals surface area contributed by atoms with E-state index in [0.717, 1.165) is 64.2 Å². The maximum atomic E-state index is 12.9. The highest BCUT2D eigenvalue weighted by molar-refractivity contribution is 7.92. The van der Waals surface area contributed by atoms with Crippen molar-refractivity contribution in [3.8, 4) is 0 Å². The Balaban J connectivity index is 1.38. The van der Waals surface area contributed by atoms with Crippen LogP contribution in [0.15, 0.2) is 41.4 Å². The van der Waals surface area contributed by atoms with E-state index in [1.165, 1.54) is 0 Å². The fourth-order valence-electron chi connectivity index (χ4n) is 3.87. The molecule has 136 valence electrons. The van der Waals surface area contributed by atoms with Crippen molar-refractivity contribution < 1.29 is 13.2 Å². The summed E-state index contributed by atoms with van der Waals surface area (Å²) < 4.78 is 31.1. The van der Waals surface area contributed by atoms with Crippen LogP contribution in [0.3, 0.4) is 0 Å². The lowest BCUT2D eigenvalue weighted by Crippen LogP contribution is -2.53. The number of rotatable bonds is 5. The molecule has 0 saturated carbocycles. The number of sulfone groups is 1. The summed E-state index contributed by atoms with van der Waals surface area (Å²) in [6.07, 6.45) is 6.82. The van der Waals surface area contributed by atoms with Gasteiger partial charge in [-0.2, -0.15) is 0 Å². The molecule has 3 aliphatic heterocycles. The maximum absolute atomic E-state index is 12.9. The average Bonchev–Trinajstić information content (AvgIpc) is 3.07. The van der Waals surface area contributed by atoms with Crippen molar-refractivity contribution in [1.82, 2.24) is 9.80 Å². The van der Waals surface area contributed by atoms with Gasteiger partial charge in [0, 0.05) is 13.1 Å². The minimum atomic E-state index is -3.23. The molecule has 1 aromatic carbocycles. The van der Waals surface area contributed by atoms with Crippen LogP contribution in [0.2, 0.25) is 0 Å². The number of ether oxygens (including phenoxy) is 1. The molecule has 2 fully saturated rings. The summed E-state index contributed by atoms with van der Waals surface area (Å²) in [5, 5.41) is -0.253. The first-order valence-corrected chi connectivity index (χ1v) is 10.7.